The molecule has 2 heterocycles. The standard InChI is InChI=1S/C9H16N2O/c12-8-1-4-11-9(7-8)2-5-10-6-3-9/h10-11H,1-7H2. The van der Waals surface area contributed by atoms with Gasteiger partial charge in [0, 0.05) is 24.9 Å². The summed E-state index contributed by atoms with van der Waals surface area (Å²) in [5.74, 6) is 0.440. The van der Waals surface area contributed by atoms with E-state index in [1.54, 1.807) is 0 Å². The van der Waals surface area contributed by atoms with Gasteiger partial charge in [0.2, 0.25) is 0 Å². The number of carbonyl (C=O) groups excluding carboxylic acids is 1. The lowest BCUT2D eigenvalue weighted by Gasteiger charge is -2.40. The maximum absolute atomic E-state index is 11.3. The summed E-state index contributed by atoms with van der Waals surface area (Å²) < 4.78 is 0. The minimum absolute atomic E-state index is 0.167. The zero-order valence-corrected chi connectivity index (χ0v) is 7.36. The molecule has 12 heavy (non-hydrogen) atoms. The van der Waals surface area contributed by atoms with Crippen molar-refractivity contribution in [2.45, 2.75) is 31.2 Å². The number of Topliss-reactive ketones (excluding diaryl/α,β-unsaturated/α-hetero) is 1. The Morgan fingerprint density at radius 3 is 2.58 bits per heavy atom. The molecule has 0 aromatic heterocycles. The molecule has 0 aromatic rings. The van der Waals surface area contributed by atoms with E-state index in [0.717, 1.165) is 45.3 Å². The van der Waals surface area contributed by atoms with E-state index in [2.05, 4.69) is 10.6 Å². The highest BCUT2D eigenvalue weighted by Crippen LogP contribution is 2.25. The molecule has 3 heteroatoms. The Morgan fingerprint density at radius 2 is 1.92 bits per heavy atom. The third-order valence-corrected chi connectivity index (χ3v) is 3.00. The molecule has 2 N–H and O–H groups in total. The van der Waals surface area contributed by atoms with Crippen molar-refractivity contribution in [3.8, 4) is 0 Å². The van der Waals surface area contributed by atoms with E-state index in [4.69, 9.17) is 0 Å². The second-order valence-corrected chi connectivity index (χ2v) is 3.92. The molecule has 0 aliphatic carbocycles. The van der Waals surface area contributed by atoms with Gasteiger partial charge in [-0.2, -0.15) is 0 Å². The summed E-state index contributed by atoms with van der Waals surface area (Å²) in [6.45, 7) is 3.00. The van der Waals surface area contributed by atoms with Crippen molar-refractivity contribution in [2.24, 2.45) is 0 Å². The van der Waals surface area contributed by atoms with E-state index < -0.39 is 0 Å². The summed E-state index contributed by atoms with van der Waals surface area (Å²) in [5.41, 5.74) is 0.167. The number of rotatable bonds is 0. The van der Waals surface area contributed by atoms with Crippen LogP contribution in [-0.4, -0.2) is 31.0 Å². The number of piperidine rings is 2. The largest absolute Gasteiger partial charge is 0.317 e. The van der Waals surface area contributed by atoms with Gasteiger partial charge in [-0.15, -0.1) is 0 Å². The SMILES string of the molecule is O=C1CCNC2(CCNCC2)C1. The van der Waals surface area contributed by atoms with Crippen molar-refractivity contribution in [1.82, 2.24) is 10.6 Å². The molecule has 0 amide bonds. The number of nitrogens with one attached hydrogen (secondary N) is 2. The lowest BCUT2D eigenvalue weighted by Crippen LogP contribution is -2.56. The molecule has 2 fully saturated rings. The predicted octanol–water partition coefficient (Wildman–Crippen LogP) is 0.0611. The van der Waals surface area contributed by atoms with Crippen LogP contribution in [0.5, 0.6) is 0 Å². The summed E-state index contributed by atoms with van der Waals surface area (Å²) in [4.78, 5) is 11.3. The summed E-state index contributed by atoms with van der Waals surface area (Å²) in [6, 6.07) is 0. The smallest absolute Gasteiger partial charge is 0.136 e. The Kier molecular flexibility index (Phi) is 2.15. The fourth-order valence-corrected chi connectivity index (χ4v) is 2.25. The average Bonchev–Trinajstić information content (AvgIpc) is 2.05. The Morgan fingerprint density at radius 1 is 1.17 bits per heavy atom. The summed E-state index contributed by atoms with van der Waals surface area (Å²) in [6.07, 6.45) is 3.71. The molecule has 0 aromatic carbocycles. The van der Waals surface area contributed by atoms with Crippen molar-refractivity contribution < 1.29 is 4.79 Å². The summed E-state index contributed by atoms with van der Waals surface area (Å²) in [5, 5.41) is 6.82. The molecule has 2 aliphatic rings. The van der Waals surface area contributed by atoms with Gasteiger partial charge in [0.15, 0.2) is 0 Å². The topological polar surface area (TPSA) is 41.1 Å². The Labute approximate surface area is 72.9 Å². The first-order valence-corrected chi connectivity index (χ1v) is 4.78. The van der Waals surface area contributed by atoms with Crippen LogP contribution < -0.4 is 10.6 Å². The average molecular weight is 168 g/mol. The number of hydrogen-bond acceptors (Lipinski definition) is 3. The quantitative estimate of drug-likeness (QED) is 0.537. The molecular formula is C9H16N2O. The van der Waals surface area contributed by atoms with E-state index in [1.165, 1.54) is 0 Å². The van der Waals surface area contributed by atoms with Crippen molar-refractivity contribution in [3.63, 3.8) is 0 Å². The number of carbonyl (C=O) groups is 1. The van der Waals surface area contributed by atoms with Crippen LogP contribution in [0.2, 0.25) is 0 Å². The summed E-state index contributed by atoms with van der Waals surface area (Å²) in [7, 11) is 0. The number of ketones is 1. The van der Waals surface area contributed by atoms with Crippen molar-refractivity contribution >= 4 is 5.78 Å². The van der Waals surface area contributed by atoms with Gasteiger partial charge in [-0.1, -0.05) is 0 Å². The first-order valence-electron chi connectivity index (χ1n) is 4.78. The maximum Gasteiger partial charge on any atom is 0.136 e. The van der Waals surface area contributed by atoms with Gasteiger partial charge < -0.3 is 10.6 Å². The van der Waals surface area contributed by atoms with Crippen LogP contribution in [0.4, 0.5) is 0 Å². The first-order chi connectivity index (χ1) is 5.81. The molecule has 0 saturated carbocycles. The highest BCUT2D eigenvalue weighted by Gasteiger charge is 2.35. The van der Waals surface area contributed by atoms with E-state index in [0.29, 0.717) is 5.78 Å². The molecule has 2 aliphatic heterocycles. The van der Waals surface area contributed by atoms with Gasteiger partial charge in [0.25, 0.3) is 0 Å². The van der Waals surface area contributed by atoms with Crippen LogP contribution in [0.1, 0.15) is 25.7 Å². The fraction of sp³-hybridized carbons (Fsp3) is 0.889. The fourth-order valence-electron chi connectivity index (χ4n) is 2.25. The number of hydrogen-bond donors (Lipinski definition) is 2. The zero-order chi connectivity index (χ0) is 8.44. The molecular weight excluding hydrogens is 152 g/mol. The normalized spacial score (nSPS) is 29.2. The second kappa shape index (κ2) is 3.15. The van der Waals surface area contributed by atoms with Gasteiger partial charge in [-0.05, 0) is 25.9 Å². The molecule has 1 spiro atoms. The lowest BCUT2D eigenvalue weighted by atomic mass is 9.80. The minimum atomic E-state index is 0.167. The van der Waals surface area contributed by atoms with Crippen LogP contribution in [0.25, 0.3) is 0 Å². The van der Waals surface area contributed by atoms with Crippen LogP contribution in [0.3, 0.4) is 0 Å². The van der Waals surface area contributed by atoms with E-state index in [9.17, 15) is 4.79 Å². The zero-order valence-electron chi connectivity index (χ0n) is 7.36. The van der Waals surface area contributed by atoms with E-state index in [-0.39, 0.29) is 5.54 Å². The van der Waals surface area contributed by atoms with E-state index >= 15 is 0 Å². The molecule has 2 saturated heterocycles. The highest BCUT2D eigenvalue weighted by atomic mass is 16.1. The molecule has 0 atom stereocenters. The third kappa shape index (κ3) is 1.52. The lowest BCUT2D eigenvalue weighted by molar-refractivity contribution is -0.122. The highest BCUT2D eigenvalue weighted by molar-refractivity contribution is 5.80. The summed E-state index contributed by atoms with van der Waals surface area (Å²) >= 11 is 0. The molecule has 3 nitrogen and oxygen atoms in total. The maximum atomic E-state index is 11.3. The minimum Gasteiger partial charge on any atom is -0.317 e. The van der Waals surface area contributed by atoms with Crippen molar-refractivity contribution in [2.75, 3.05) is 19.6 Å². The Hall–Kier alpha value is -0.410. The third-order valence-electron chi connectivity index (χ3n) is 3.00. The Balaban J connectivity index is 2.02. The Bertz CT molecular complexity index is 179. The van der Waals surface area contributed by atoms with Gasteiger partial charge in [-0.25, -0.2) is 0 Å². The predicted molar refractivity (Wildman–Crippen MR) is 47.1 cm³/mol. The molecule has 2 rings (SSSR count). The second-order valence-electron chi connectivity index (χ2n) is 3.92. The van der Waals surface area contributed by atoms with Gasteiger partial charge in [0.1, 0.15) is 5.78 Å². The van der Waals surface area contributed by atoms with Crippen molar-refractivity contribution in [1.29, 1.82) is 0 Å². The molecule has 68 valence electrons. The van der Waals surface area contributed by atoms with Crippen LogP contribution >= 0.6 is 0 Å². The molecule has 0 radical (unpaired) electrons. The van der Waals surface area contributed by atoms with Crippen LogP contribution in [0, 0.1) is 0 Å². The van der Waals surface area contributed by atoms with Crippen LogP contribution in [0.15, 0.2) is 0 Å². The van der Waals surface area contributed by atoms with Crippen molar-refractivity contribution in [3.05, 3.63) is 0 Å². The molecule has 0 unspecified atom stereocenters. The van der Waals surface area contributed by atoms with Gasteiger partial charge in [0.05, 0.1) is 0 Å². The monoisotopic (exact) mass is 168 g/mol. The van der Waals surface area contributed by atoms with Gasteiger partial charge >= 0.3 is 0 Å². The van der Waals surface area contributed by atoms with E-state index in [1.807, 2.05) is 0 Å². The first kappa shape index (κ1) is 8.20. The molecule has 0 bridgehead atoms. The van der Waals surface area contributed by atoms with Gasteiger partial charge in [-0.3, -0.25) is 4.79 Å². The van der Waals surface area contributed by atoms with Crippen LogP contribution in [-0.2, 0) is 4.79 Å².